The van der Waals surface area contributed by atoms with E-state index >= 15 is 0 Å². The maximum Gasteiger partial charge on any atom is 0.332 e. The van der Waals surface area contributed by atoms with E-state index in [1.807, 2.05) is 30.3 Å². The smallest absolute Gasteiger partial charge is 0.332 e. The van der Waals surface area contributed by atoms with Crippen LogP contribution in [0.4, 0.5) is 10.6 Å². The van der Waals surface area contributed by atoms with E-state index in [2.05, 4.69) is 25.6 Å². The molecule has 9 nitrogen and oxygen atoms in total. The van der Waals surface area contributed by atoms with Crippen molar-refractivity contribution in [3.8, 4) is 11.3 Å². The Bertz CT molecular complexity index is 1040. The summed E-state index contributed by atoms with van der Waals surface area (Å²) in [5, 5.41) is 5.27. The lowest BCUT2D eigenvalue weighted by atomic mass is 10.2. The highest BCUT2D eigenvalue weighted by molar-refractivity contribution is 7.53. The minimum Gasteiger partial charge on any atom is -0.337 e. The number of urea groups is 1. The Morgan fingerprint density at radius 3 is 2.47 bits per heavy atom. The standard InChI is InChI=1S/C20H24N5O4P/c1-3-28-30(27,29-4-2)13-12-21-20(26)25-18-11-10-16-19(24-18)23-17(14-22-16)15-8-6-5-7-9-15/h5-11,14H,3-4,12-13H2,1-2H3,(H2,21,23,24,25,26). The summed E-state index contributed by atoms with van der Waals surface area (Å²) in [5.41, 5.74) is 2.67. The highest BCUT2D eigenvalue weighted by Crippen LogP contribution is 2.47. The Morgan fingerprint density at radius 1 is 1.03 bits per heavy atom. The highest BCUT2D eigenvalue weighted by Gasteiger charge is 2.23. The van der Waals surface area contributed by atoms with Crippen molar-refractivity contribution >= 4 is 30.6 Å². The normalized spacial score (nSPS) is 11.4. The van der Waals surface area contributed by atoms with Crippen LogP contribution in [-0.4, -0.2) is 46.9 Å². The predicted molar refractivity (Wildman–Crippen MR) is 116 cm³/mol. The summed E-state index contributed by atoms with van der Waals surface area (Å²) in [6.07, 6.45) is 1.77. The number of nitrogens with zero attached hydrogens (tertiary/aromatic N) is 3. The summed E-state index contributed by atoms with van der Waals surface area (Å²) in [6, 6.07) is 12.6. The average Bonchev–Trinajstić information content (AvgIpc) is 2.74. The fourth-order valence-corrected chi connectivity index (χ4v) is 4.25. The van der Waals surface area contributed by atoms with Gasteiger partial charge in [0.1, 0.15) is 11.3 Å². The van der Waals surface area contributed by atoms with E-state index in [1.165, 1.54) is 0 Å². The molecule has 0 spiro atoms. The first kappa shape index (κ1) is 21.8. The minimum atomic E-state index is -3.20. The van der Waals surface area contributed by atoms with Gasteiger partial charge in [-0.2, -0.15) is 0 Å². The summed E-state index contributed by atoms with van der Waals surface area (Å²) in [5.74, 6) is 0.331. The van der Waals surface area contributed by atoms with E-state index in [0.29, 0.717) is 22.7 Å². The number of anilines is 1. The molecule has 10 heteroatoms. The number of aromatic nitrogens is 3. The Morgan fingerprint density at radius 2 is 1.77 bits per heavy atom. The Hall–Kier alpha value is -2.87. The van der Waals surface area contributed by atoms with E-state index in [4.69, 9.17) is 9.05 Å². The molecule has 3 rings (SSSR count). The van der Waals surface area contributed by atoms with Crippen molar-refractivity contribution < 1.29 is 18.4 Å². The second-order valence-electron chi connectivity index (χ2n) is 6.21. The van der Waals surface area contributed by atoms with Crippen LogP contribution >= 0.6 is 7.60 Å². The molecular weight excluding hydrogens is 405 g/mol. The lowest BCUT2D eigenvalue weighted by Crippen LogP contribution is -2.31. The highest BCUT2D eigenvalue weighted by atomic mass is 31.2. The van der Waals surface area contributed by atoms with Gasteiger partial charge in [-0.3, -0.25) is 14.9 Å². The molecule has 0 saturated carbocycles. The minimum absolute atomic E-state index is 0.0825. The van der Waals surface area contributed by atoms with E-state index < -0.39 is 13.6 Å². The number of benzene rings is 1. The summed E-state index contributed by atoms with van der Waals surface area (Å²) in [6.45, 7) is 4.16. The van der Waals surface area contributed by atoms with Crippen molar-refractivity contribution in [3.63, 3.8) is 0 Å². The molecule has 0 fully saturated rings. The summed E-state index contributed by atoms with van der Waals surface area (Å²) < 4.78 is 22.8. The topological polar surface area (TPSA) is 115 Å². The third-order valence-corrected chi connectivity index (χ3v) is 6.12. The van der Waals surface area contributed by atoms with Gasteiger partial charge in [0, 0.05) is 12.1 Å². The van der Waals surface area contributed by atoms with Crippen LogP contribution in [0.5, 0.6) is 0 Å². The van der Waals surface area contributed by atoms with Gasteiger partial charge in [0.15, 0.2) is 5.65 Å². The SMILES string of the molecule is CCOP(=O)(CCNC(=O)Nc1ccc2ncc(-c3ccccc3)nc2n1)OCC. The number of hydrogen-bond donors (Lipinski definition) is 2. The van der Waals surface area contributed by atoms with Crippen LogP contribution in [0.25, 0.3) is 22.4 Å². The van der Waals surface area contributed by atoms with Crippen LogP contribution in [0.1, 0.15) is 13.8 Å². The van der Waals surface area contributed by atoms with Crippen molar-refractivity contribution in [2.75, 3.05) is 31.2 Å². The van der Waals surface area contributed by atoms with Gasteiger partial charge in [-0.15, -0.1) is 0 Å². The average molecular weight is 429 g/mol. The summed E-state index contributed by atoms with van der Waals surface area (Å²) >= 11 is 0. The largest absolute Gasteiger partial charge is 0.337 e. The first-order valence-electron chi connectivity index (χ1n) is 9.65. The van der Waals surface area contributed by atoms with Crippen molar-refractivity contribution in [2.45, 2.75) is 13.8 Å². The third-order valence-electron chi connectivity index (χ3n) is 4.04. The molecule has 0 radical (unpaired) electrons. The molecule has 0 saturated heterocycles. The van der Waals surface area contributed by atoms with E-state index in [1.54, 1.807) is 32.2 Å². The number of pyridine rings is 1. The van der Waals surface area contributed by atoms with E-state index in [-0.39, 0.29) is 25.9 Å². The van der Waals surface area contributed by atoms with Crippen LogP contribution in [0.2, 0.25) is 0 Å². The number of carbonyl (C=O) groups excluding carboxylic acids is 1. The molecule has 0 aliphatic rings. The molecule has 2 N–H and O–H groups in total. The molecule has 0 aliphatic heterocycles. The Balaban J connectivity index is 1.63. The molecule has 0 unspecified atom stereocenters. The Labute approximate surface area is 174 Å². The van der Waals surface area contributed by atoms with Crippen LogP contribution < -0.4 is 10.6 Å². The van der Waals surface area contributed by atoms with Crippen molar-refractivity contribution in [1.29, 1.82) is 0 Å². The van der Waals surface area contributed by atoms with Crippen LogP contribution in [0.15, 0.2) is 48.7 Å². The zero-order chi connectivity index (χ0) is 21.4. The number of rotatable bonds is 9. The van der Waals surface area contributed by atoms with E-state index in [9.17, 15) is 9.36 Å². The fourth-order valence-electron chi connectivity index (χ4n) is 2.74. The van der Waals surface area contributed by atoms with Gasteiger partial charge in [-0.05, 0) is 26.0 Å². The quantitative estimate of drug-likeness (QED) is 0.493. The van der Waals surface area contributed by atoms with Crippen molar-refractivity contribution in [3.05, 3.63) is 48.7 Å². The molecule has 1 aromatic carbocycles. The van der Waals surface area contributed by atoms with Crippen molar-refractivity contribution in [1.82, 2.24) is 20.3 Å². The van der Waals surface area contributed by atoms with Crippen LogP contribution in [-0.2, 0) is 13.6 Å². The molecule has 2 aromatic heterocycles. The monoisotopic (exact) mass is 429 g/mol. The maximum atomic E-state index is 12.4. The molecule has 158 valence electrons. The lowest BCUT2D eigenvalue weighted by Gasteiger charge is -2.17. The van der Waals surface area contributed by atoms with Crippen LogP contribution in [0, 0.1) is 0 Å². The molecule has 30 heavy (non-hydrogen) atoms. The number of fused-ring (bicyclic) bond motifs is 1. The third kappa shape index (κ3) is 5.82. The number of hydrogen-bond acceptors (Lipinski definition) is 7. The molecule has 2 amide bonds. The number of amides is 2. The fraction of sp³-hybridized carbons (Fsp3) is 0.300. The molecular formula is C20H24N5O4P. The molecule has 0 atom stereocenters. The van der Waals surface area contributed by atoms with Gasteiger partial charge in [0.05, 0.1) is 31.3 Å². The predicted octanol–water partition coefficient (Wildman–Crippen LogP) is 4.08. The number of nitrogens with one attached hydrogen (secondary N) is 2. The van der Waals surface area contributed by atoms with Gasteiger partial charge in [0.25, 0.3) is 0 Å². The molecule has 0 bridgehead atoms. The van der Waals surface area contributed by atoms with Crippen LogP contribution in [0.3, 0.4) is 0 Å². The van der Waals surface area contributed by atoms with Gasteiger partial charge in [0.2, 0.25) is 0 Å². The second kappa shape index (κ2) is 10.2. The number of carbonyl (C=O) groups is 1. The zero-order valence-corrected chi connectivity index (χ0v) is 17.8. The van der Waals surface area contributed by atoms with Gasteiger partial charge >= 0.3 is 13.6 Å². The Kier molecular flexibility index (Phi) is 7.46. The van der Waals surface area contributed by atoms with Crippen molar-refractivity contribution in [2.24, 2.45) is 0 Å². The molecule has 3 aromatic rings. The maximum absolute atomic E-state index is 12.4. The van der Waals surface area contributed by atoms with Gasteiger partial charge in [-0.25, -0.2) is 14.8 Å². The second-order valence-corrected chi connectivity index (χ2v) is 8.40. The van der Waals surface area contributed by atoms with E-state index in [0.717, 1.165) is 5.56 Å². The zero-order valence-electron chi connectivity index (χ0n) is 16.9. The van der Waals surface area contributed by atoms with Gasteiger partial charge in [-0.1, -0.05) is 30.3 Å². The summed E-state index contributed by atoms with van der Waals surface area (Å²) in [7, 11) is -3.20. The lowest BCUT2D eigenvalue weighted by molar-refractivity contribution is 0.220. The molecule has 2 heterocycles. The summed E-state index contributed by atoms with van der Waals surface area (Å²) in [4.78, 5) is 25.4. The van der Waals surface area contributed by atoms with Gasteiger partial charge < -0.3 is 14.4 Å². The molecule has 0 aliphatic carbocycles. The first-order chi connectivity index (χ1) is 14.5. The first-order valence-corrected chi connectivity index (χ1v) is 11.4.